The highest BCUT2D eigenvalue weighted by Crippen LogP contribution is 2.65. The van der Waals surface area contributed by atoms with Gasteiger partial charge >= 0.3 is 0 Å². The zero-order valence-corrected chi connectivity index (χ0v) is 26.3. The minimum Gasteiger partial charge on any atom is -0.332 e. The summed E-state index contributed by atoms with van der Waals surface area (Å²) in [7, 11) is 0. The third kappa shape index (κ3) is 8.13. The predicted molar refractivity (Wildman–Crippen MR) is 156 cm³/mol. The number of rotatable bonds is 7. The standard InChI is InChI=1S/C34H51F2NO5/c1-32(2,3)19-24(38)17-23-13-15-34(35,36)14-9-7-6-8-10-22(30(41)27(40)16-21-11-12-21)18-26(39)29-28-25(33(28,4)5)20-37(29)31(23)42/h21-23,25,28-29H,6-20H2,1-5H3/t22-,23-,25+,28+,29-/m1/s1. The van der Waals surface area contributed by atoms with E-state index in [0.717, 1.165) is 12.8 Å². The summed E-state index contributed by atoms with van der Waals surface area (Å²) < 4.78 is 29.9. The van der Waals surface area contributed by atoms with Crippen LogP contribution < -0.4 is 0 Å². The minimum atomic E-state index is -2.94. The summed E-state index contributed by atoms with van der Waals surface area (Å²) in [5, 5.41) is 0. The first-order valence-corrected chi connectivity index (χ1v) is 16.3. The molecule has 2 aliphatic heterocycles. The first kappa shape index (κ1) is 32.9. The Morgan fingerprint density at radius 2 is 1.57 bits per heavy atom. The Hall–Kier alpha value is -1.99. The van der Waals surface area contributed by atoms with Crippen LogP contribution in [-0.2, 0) is 24.0 Å². The zero-order valence-electron chi connectivity index (χ0n) is 26.3. The summed E-state index contributed by atoms with van der Waals surface area (Å²) in [5.41, 5.74) is -0.442. The molecular weight excluding hydrogens is 540 g/mol. The van der Waals surface area contributed by atoms with Crippen LogP contribution in [0.4, 0.5) is 8.78 Å². The smallest absolute Gasteiger partial charge is 0.248 e. The van der Waals surface area contributed by atoms with Gasteiger partial charge in [-0.05, 0) is 60.7 Å². The number of carbonyl (C=O) groups is 5. The van der Waals surface area contributed by atoms with Crippen LogP contribution in [0.3, 0.4) is 0 Å². The van der Waals surface area contributed by atoms with E-state index in [1.54, 1.807) is 4.90 Å². The molecule has 6 nitrogen and oxygen atoms in total. The molecule has 4 aliphatic rings. The van der Waals surface area contributed by atoms with Crippen LogP contribution in [0.5, 0.6) is 0 Å². The van der Waals surface area contributed by atoms with Gasteiger partial charge in [0, 0.05) is 56.9 Å². The molecule has 0 spiro atoms. The quantitative estimate of drug-likeness (QED) is 0.305. The first-order valence-electron chi connectivity index (χ1n) is 16.3. The van der Waals surface area contributed by atoms with Crippen molar-refractivity contribution in [3.63, 3.8) is 0 Å². The summed E-state index contributed by atoms with van der Waals surface area (Å²) in [4.78, 5) is 68.7. The second kappa shape index (κ2) is 12.6. The lowest BCUT2D eigenvalue weighted by Gasteiger charge is -2.34. The molecule has 0 aromatic carbocycles. The number of alkyl halides is 2. The number of ketones is 4. The maximum absolute atomic E-state index is 14.9. The number of amides is 1. The van der Waals surface area contributed by atoms with Crippen molar-refractivity contribution in [1.29, 1.82) is 0 Å². The molecule has 0 aromatic heterocycles. The summed E-state index contributed by atoms with van der Waals surface area (Å²) in [6.45, 7) is 10.3. The van der Waals surface area contributed by atoms with Crippen LogP contribution in [0, 0.1) is 40.4 Å². The van der Waals surface area contributed by atoms with Gasteiger partial charge in [0.2, 0.25) is 17.6 Å². The van der Waals surface area contributed by atoms with Crippen LogP contribution in [0.15, 0.2) is 0 Å². The van der Waals surface area contributed by atoms with Crippen molar-refractivity contribution in [2.45, 2.75) is 136 Å². The normalized spacial score (nSPS) is 32.2. The van der Waals surface area contributed by atoms with Gasteiger partial charge in [0.1, 0.15) is 5.78 Å². The highest BCUT2D eigenvalue weighted by molar-refractivity contribution is 6.38. The van der Waals surface area contributed by atoms with Crippen LogP contribution in [0.1, 0.15) is 125 Å². The zero-order chi connectivity index (χ0) is 31.0. The van der Waals surface area contributed by atoms with Crippen LogP contribution in [0.25, 0.3) is 0 Å². The molecule has 8 heteroatoms. The largest absolute Gasteiger partial charge is 0.332 e. The van der Waals surface area contributed by atoms with Crippen LogP contribution >= 0.6 is 0 Å². The monoisotopic (exact) mass is 591 g/mol. The number of hydrogen-bond acceptors (Lipinski definition) is 5. The molecule has 42 heavy (non-hydrogen) atoms. The predicted octanol–water partition coefficient (Wildman–Crippen LogP) is 6.76. The average Bonchev–Trinajstić information content (AvgIpc) is 3.72. The molecule has 2 heterocycles. The Labute approximate surface area is 250 Å². The Morgan fingerprint density at radius 3 is 2.21 bits per heavy atom. The molecule has 0 unspecified atom stereocenters. The molecule has 4 rings (SSSR count). The molecule has 0 bridgehead atoms. The maximum atomic E-state index is 14.9. The highest BCUT2D eigenvalue weighted by atomic mass is 19.3. The number of nitrogens with zero attached hydrogens (tertiary/aromatic N) is 1. The molecule has 1 amide bonds. The first-order chi connectivity index (χ1) is 19.5. The molecular formula is C34H51F2NO5. The number of fused-ring (bicyclic) bond motifs is 3. The summed E-state index contributed by atoms with van der Waals surface area (Å²) >= 11 is 0. The molecule has 236 valence electrons. The molecule has 2 saturated heterocycles. The van der Waals surface area contributed by atoms with Gasteiger partial charge < -0.3 is 4.90 Å². The van der Waals surface area contributed by atoms with E-state index < -0.39 is 47.7 Å². The molecule has 0 aromatic rings. The number of hydrogen-bond donors (Lipinski definition) is 0. The minimum absolute atomic E-state index is 0.0712. The van der Waals surface area contributed by atoms with E-state index >= 15 is 0 Å². The fourth-order valence-corrected chi connectivity index (χ4v) is 7.61. The molecule has 4 fully saturated rings. The van der Waals surface area contributed by atoms with Crippen molar-refractivity contribution >= 4 is 29.0 Å². The van der Waals surface area contributed by atoms with Crippen LogP contribution in [0.2, 0.25) is 0 Å². The average molecular weight is 592 g/mol. The fourth-order valence-electron chi connectivity index (χ4n) is 7.61. The number of halogens is 2. The molecule has 0 radical (unpaired) electrons. The van der Waals surface area contributed by atoms with Gasteiger partial charge in [0.25, 0.3) is 0 Å². The van der Waals surface area contributed by atoms with E-state index in [0.29, 0.717) is 38.6 Å². The van der Waals surface area contributed by atoms with Crippen molar-refractivity contribution in [3.05, 3.63) is 0 Å². The molecule has 0 N–H and O–H groups in total. The van der Waals surface area contributed by atoms with E-state index in [2.05, 4.69) is 13.8 Å². The van der Waals surface area contributed by atoms with Gasteiger partial charge in [-0.15, -0.1) is 0 Å². The summed E-state index contributed by atoms with van der Waals surface area (Å²) in [6, 6.07) is -0.750. The summed E-state index contributed by atoms with van der Waals surface area (Å²) in [6.07, 6.45) is 3.85. The molecule has 5 atom stereocenters. The molecule has 2 aliphatic carbocycles. The topological polar surface area (TPSA) is 88.6 Å². The van der Waals surface area contributed by atoms with Crippen molar-refractivity contribution in [2.75, 3.05) is 6.54 Å². The second-order valence-corrected chi connectivity index (χ2v) is 15.7. The lowest BCUT2D eigenvalue weighted by atomic mass is 9.83. The lowest BCUT2D eigenvalue weighted by molar-refractivity contribution is -0.146. The van der Waals surface area contributed by atoms with Gasteiger partial charge in [-0.3, -0.25) is 24.0 Å². The maximum Gasteiger partial charge on any atom is 0.248 e. The Kier molecular flexibility index (Phi) is 9.84. The van der Waals surface area contributed by atoms with E-state index in [4.69, 9.17) is 0 Å². The Morgan fingerprint density at radius 1 is 0.905 bits per heavy atom. The number of carbonyl (C=O) groups excluding carboxylic acids is 5. The third-order valence-corrected chi connectivity index (χ3v) is 10.3. The summed E-state index contributed by atoms with van der Waals surface area (Å²) in [5.74, 6) is -5.93. The molecule has 2 saturated carbocycles. The highest BCUT2D eigenvalue weighted by Gasteiger charge is 2.69. The van der Waals surface area contributed by atoms with Gasteiger partial charge in [-0.25, -0.2) is 8.78 Å². The number of piperidine rings is 1. The van der Waals surface area contributed by atoms with Crippen molar-refractivity contribution < 1.29 is 32.8 Å². The van der Waals surface area contributed by atoms with Crippen molar-refractivity contribution in [2.24, 2.45) is 40.4 Å². The second-order valence-electron chi connectivity index (χ2n) is 15.7. The van der Waals surface area contributed by atoms with Gasteiger partial charge in [-0.1, -0.05) is 53.9 Å². The Bertz CT molecular complexity index is 1070. The van der Waals surface area contributed by atoms with E-state index in [1.165, 1.54) is 0 Å². The SMILES string of the molecule is CC(C)(C)CC(=O)C[C@H]1CCC(F)(F)CCCCCC[C@@H](C(=O)C(=O)CC2CC2)CC(=O)[C@@H]2[C@@H]3[C@H](CN2C1=O)C3(C)C. The van der Waals surface area contributed by atoms with E-state index in [1.807, 2.05) is 20.8 Å². The van der Waals surface area contributed by atoms with Gasteiger partial charge in [0.05, 0.1) is 6.04 Å². The van der Waals surface area contributed by atoms with E-state index in [-0.39, 0.29) is 78.7 Å². The third-order valence-electron chi connectivity index (χ3n) is 10.3. The van der Waals surface area contributed by atoms with Crippen molar-refractivity contribution in [3.8, 4) is 0 Å². The number of Topliss-reactive ketones (excluding diaryl/α,β-unsaturated/α-hetero) is 4. The Balaban J connectivity index is 1.60. The lowest BCUT2D eigenvalue weighted by Crippen LogP contribution is -2.49. The van der Waals surface area contributed by atoms with E-state index in [9.17, 15) is 32.8 Å². The van der Waals surface area contributed by atoms with Crippen LogP contribution in [-0.4, -0.2) is 52.4 Å². The van der Waals surface area contributed by atoms with Gasteiger partial charge in [0.15, 0.2) is 11.6 Å². The van der Waals surface area contributed by atoms with Gasteiger partial charge in [-0.2, -0.15) is 0 Å². The van der Waals surface area contributed by atoms with Crippen molar-refractivity contribution in [1.82, 2.24) is 4.90 Å². The fraction of sp³-hybridized carbons (Fsp3) is 0.853.